The van der Waals surface area contributed by atoms with Crippen LogP contribution in [0.4, 0.5) is 18.9 Å². The Balaban J connectivity index is 1.64. The van der Waals surface area contributed by atoms with Crippen LogP contribution in [0.5, 0.6) is 0 Å². The fourth-order valence-corrected chi connectivity index (χ4v) is 4.55. The van der Waals surface area contributed by atoms with Crippen LogP contribution in [-0.2, 0) is 9.84 Å². The van der Waals surface area contributed by atoms with Gasteiger partial charge in [-0.2, -0.15) is 0 Å². The van der Waals surface area contributed by atoms with Crippen molar-refractivity contribution in [1.29, 1.82) is 0 Å². The Hall–Kier alpha value is -3.33. The molecule has 1 saturated heterocycles. The van der Waals surface area contributed by atoms with Crippen molar-refractivity contribution in [2.24, 2.45) is 0 Å². The number of piperazine rings is 1. The minimum atomic E-state index is -3.60. The Morgan fingerprint density at radius 1 is 0.818 bits per heavy atom. The summed E-state index contributed by atoms with van der Waals surface area (Å²) in [5.74, 6) is -2.33. The summed E-state index contributed by atoms with van der Waals surface area (Å²) in [5.41, 5.74) is 0.796. The number of anilines is 1. The van der Waals surface area contributed by atoms with Gasteiger partial charge in [-0.3, -0.25) is 4.79 Å². The molecular formula is C24H21F3N2O3S. The minimum absolute atomic E-state index is 0.0436. The summed E-state index contributed by atoms with van der Waals surface area (Å²) in [6.07, 6.45) is 1.04. The van der Waals surface area contributed by atoms with Crippen LogP contribution in [-0.4, -0.2) is 51.7 Å². The molecule has 0 aromatic heterocycles. The van der Waals surface area contributed by atoms with E-state index in [1.807, 2.05) is 0 Å². The highest BCUT2D eigenvalue weighted by Crippen LogP contribution is 2.30. The predicted octanol–water partition coefficient (Wildman–Crippen LogP) is 4.14. The Morgan fingerprint density at radius 3 is 2.15 bits per heavy atom. The van der Waals surface area contributed by atoms with Gasteiger partial charge in [-0.1, -0.05) is 24.3 Å². The molecule has 1 heterocycles. The zero-order chi connectivity index (χ0) is 23.8. The van der Waals surface area contributed by atoms with Gasteiger partial charge in [0.15, 0.2) is 9.84 Å². The Kier molecular flexibility index (Phi) is 6.16. The highest BCUT2D eigenvalue weighted by atomic mass is 32.2. The van der Waals surface area contributed by atoms with Crippen molar-refractivity contribution in [3.8, 4) is 11.1 Å². The van der Waals surface area contributed by atoms with Crippen LogP contribution >= 0.6 is 0 Å². The van der Waals surface area contributed by atoms with Crippen molar-refractivity contribution in [3.63, 3.8) is 0 Å². The van der Waals surface area contributed by atoms with Crippen LogP contribution < -0.4 is 4.90 Å². The molecule has 1 fully saturated rings. The highest BCUT2D eigenvalue weighted by Gasteiger charge is 2.27. The lowest BCUT2D eigenvalue weighted by Crippen LogP contribution is -2.49. The molecule has 0 saturated carbocycles. The standard InChI is InChI=1S/C24H21F3N2O3S/c1-33(31,32)17-7-8-18(19-4-2-3-5-21(19)26)20(15-17)24(30)29-12-10-28(11-13-29)23-9-6-16(25)14-22(23)27/h2-9,14-15H,10-13H2,1H3. The first-order chi connectivity index (χ1) is 15.6. The lowest BCUT2D eigenvalue weighted by Gasteiger charge is -2.36. The van der Waals surface area contributed by atoms with E-state index in [9.17, 15) is 26.4 Å². The van der Waals surface area contributed by atoms with Crippen molar-refractivity contribution in [3.05, 3.63) is 83.7 Å². The topological polar surface area (TPSA) is 57.7 Å². The van der Waals surface area contributed by atoms with E-state index >= 15 is 0 Å². The summed E-state index contributed by atoms with van der Waals surface area (Å²) in [6, 6.07) is 13.3. The first-order valence-corrected chi connectivity index (χ1v) is 12.1. The zero-order valence-electron chi connectivity index (χ0n) is 17.8. The Bertz CT molecular complexity index is 1320. The molecule has 5 nitrogen and oxygen atoms in total. The van der Waals surface area contributed by atoms with Crippen molar-refractivity contribution < 1.29 is 26.4 Å². The number of nitrogens with zero attached hydrogens (tertiary/aromatic N) is 2. The van der Waals surface area contributed by atoms with Gasteiger partial charge in [0, 0.05) is 49.6 Å². The van der Waals surface area contributed by atoms with Gasteiger partial charge in [-0.25, -0.2) is 21.6 Å². The largest absolute Gasteiger partial charge is 0.366 e. The van der Waals surface area contributed by atoms with E-state index in [0.29, 0.717) is 13.1 Å². The monoisotopic (exact) mass is 474 g/mol. The lowest BCUT2D eigenvalue weighted by atomic mass is 9.98. The zero-order valence-corrected chi connectivity index (χ0v) is 18.6. The summed E-state index contributed by atoms with van der Waals surface area (Å²) >= 11 is 0. The second kappa shape index (κ2) is 8.90. The molecule has 0 N–H and O–H groups in total. The fourth-order valence-electron chi connectivity index (χ4n) is 3.90. The van der Waals surface area contributed by atoms with Crippen LogP contribution in [0.3, 0.4) is 0 Å². The van der Waals surface area contributed by atoms with E-state index in [-0.39, 0.29) is 40.4 Å². The quantitative estimate of drug-likeness (QED) is 0.571. The molecule has 9 heteroatoms. The smallest absolute Gasteiger partial charge is 0.254 e. The van der Waals surface area contributed by atoms with E-state index in [4.69, 9.17) is 0 Å². The summed E-state index contributed by atoms with van der Waals surface area (Å²) in [6.45, 7) is 1.06. The van der Waals surface area contributed by atoms with E-state index in [1.165, 1.54) is 53.4 Å². The molecule has 0 spiro atoms. The number of rotatable bonds is 4. The van der Waals surface area contributed by atoms with Gasteiger partial charge in [0.1, 0.15) is 17.5 Å². The van der Waals surface area contributed by atoms with Crippen LogP contribution in [0.1, 0.15) is 10.4 Å². The van der Waals surface area contributed by atoms with Gasteiger partial charge in [0.05, 0.1) is 10.6 Å². The van der Waals surface area contributed by atoms with Gasteiger partial charge in [0.2, 0.25) is 0 Å². The van der Waals surface area contributed by atoms with Crippen LogP contribution in [0.25, 0.3) is 11.1 Å². The summed E-state index contributed by atoms with van der Waals surface area (Å²) in [4.78, 5) is 16.6. The molecule has 0 radical (unpaired) electrons. The fraction of sp³-hybridized carbons (Fsp3) is 0.208. The third-order valence-electron chi connectivity index (χ3n) is 5.63. The number of hydrogen-bond acceptors (Lipinski definition) is 4. The number of amides is 1. The number of benzene rings is 3. The lowest BCUT2D eigenvalue weighted by molar-refractivity contribution is 0.0747. The molecule has 3 aromatic rings. The van der Waals surface area contributed by atoms with Crippen molar-refractivity contribution in [2.75, 3.05) is 37.3 Å². The van der Waals surface area contributed by atoms with Crippen LogP contribution in [0, 0.1) is 17.5 Å². The van der Waals surface area contributed by atoms with E-state index < -0.39 is 33.2 Å². The van der Waals surface area contributed by atoms with Gasteiger partial charge < -0.3 is 9.80 Å². The number of carbonyl (C=O) groups excluding carboxylic acids is 1. The molecule has 1 amide bonds. The van der Waals surface area contributed by atoms with Crippen LogP contribution in [0.15, 0.2) is 65.6 Å². The van der Waals surface area contributed by atoms with Gasteiger partial charge in [-0.05, 0) is 35.9 Å². The molecule has 33 heavy (non-hydrogen) atoms. The molecule has 3 aromatic carbocycles. The number of carbonyl (C=O) groups is 1. The molecule has 172 valence electrons. The van der Waals surface area contributed by atoms with E-state index in [1.54, 1.807) is 11.0 Å². The molecule has 4 rings (SSSR count). The van der Waals surface area contributed by atoms with Crippen molar-refractivity contribution in [2.45, 2.75) is 4.90 Å². The minimum Gasteiger partial charge on any atom is -0.366 e. The average molecular weight is 475 g/mol. The second-order valence-corrected chi connectivity index (χ2v) is 9.85. The summed E-state index contributed by atoms with van der Waals surface area (Å²) < 4.78 is 66.0. The van der Waals surface area contributed by atoms with Crippen molar-refractivity contribution >= 4 is 21.4 Å². The SMILES string of the molecule is CS(=O)(=O)c1ccc(-c2ccccc2F)c(C(=O)N2CCN(c3ccc(F)cc3F)CC2)c1. The first kappa shape index (κ1) is 22.8. The third-order valence-corrected chi connectivity index (χ3v) is 6.74. The third kappa shape index (κ3) is 4.73. The molecule has 1 aliphatic rings. The van der Waals surface area contributed by atoms with Gasteiger partial charge >= 0.3 is 0 Å². The van der Waals surface area contributed by atoms with E-state index in [0.717, 1.165) is 12.3 Å². The summed E-state index contributed by atoms with van der Waals surface area (Å²) in [7, 11) is -3.60. The predicted molar refractivity (Wildman–Crippen MR) is 119 cm³/mol. The van der Waals surface area contributed by atoms with Crippen LogP contribution in [0.2, 0.25) is 0 Å². The van der Waals surface area contributed by atoms with Gasteiger partial charge in [0.25, 0.3) is 5.91 Å². The summed E-state index contributed by atoms with van der Waals surface area (Å²) in [5, 5.41) is 0. The van der Waals surface area contributed by atoms with E-state index in [2.05, 4.69) is 0 Å². The first-order valence-electron chi connectivity index (χ1n) is 10.2. The number of sulfone groups is 1. The Labute approximate surface area is 190 Å². The maximum absolute atomic E-state index is 14.5. The molecule has 1 aliphatic heterocycles. The number of halogens is 3. The second-order valence-electron chi connectivity index (χ2n) is 7.83. The van der Waals surface area contributed by atoms with Crippen molar-refractivity contribution in [1.82, 2.24) is 4.90 Å². The molecule has 0 aliphatic carbocycles. The molecule has 0 atom stereocenters. The highest BCUT2D eigenvalue weighted by molar-refractivity contribution is 7.90. The van der Waals surface area contributed by atoms with Gasteiger partial charge in [-0.15, -0.1) is 0 Å². The maximum Gasteiger partial charge on any atom is 0.254 e. The Morgan fingerprint density at radius 2 is 1.52 bits per heavy atom. The molecule has 0 bridgehead atoms. The maximum atomic E-state index is 14.5. The number of hydrogen-bond donors (Lipinski definition) is 0. The normalized spacial score (nSPS) is 14.4. The molecule has 0 unspecified atom stereocenters. The average Bonchev–Trinajstić information content (AvgIpc) is 2.78. The molecular weight excluding hydrogens is 453 g/mol.